The number of halogens is 1. The minimum absolute atomic E-state index is 0.215. The molecule has 4 nitrogen and oxygen atoms in total. The van der Waals surface area contributed by atoms with Crippen molar-refractivity contribution in [2.45, 2.75) is 19.9 Å². The van der Waals surface area contributed by atoms with Crippen molar-refractivity contribution in [2.75, 3.05) is 6.54 Å². The number of thioether (sulfide) groups is 1. The van der Waals surface area contributed by atoms with Crippen LogP contribution in [0.15, 0.2) is 59.6 Å². The number of aromatic nitrogens is 1. The third-order valence-electron chi connectivity index (χ3n) is 4.69. The van der Waals surface area contributed by atoms with Gasteiger partial charge in [-0.15, -0.1) is 0 Å². The van der Waals surface area contributed by atoms with Gasteiger partial charge in [0.25, 0.3) is 11.1 Å². The Morgan fingerprint density at radius 1 is 1.07 bits per heavy atom. The van der Waals surface area contributed by atoms with Gasteiger partial charge in [0.1, 0.15) is 5.82 Å². The zero-order valence-corrected chi connectivity index (χ0v) is 16.2. The smallest absolute Gasteiger partial charge is 0.293 e. The van der Waals surface area contributed by atoms with Gasteiger partial charge < -0.3 is 4.57 Å². The van der Waals surface area contributed by atoms with Crippen molar-refractivity contribution in [3.63, 3.8) is 0 Å². The van der Waals surface area contributed by atoms with Crippen molar-refractivity contribution < 1.29 is 14.0 Å². The first kappa shape index (κ1) is 18.5. The Morgan fingerprint density at radius 2 is 1.82 bits per heavy atom. The average Bonchev–Trinajstić information content (AvgIpc) is 3.17. The lowest BCUT2D eigenvalue weighted by Gasteiger charge is -2.09. The number of benzene rings is 2. The molecule has 0 unspecified atom stereocenters. The highest BCUT2D eigenvalue weighted by Crippen LogP contribution is 2.34. The van der Waals surface area contributed by atoms with Crippen LogP contribution < -0.4 is 0 Å². The number of imide groups is 1. The van der Waals surface area contributed by atoms with Gasteiger partial charge in [-0.25, -0.2) is 4.39 Å². The summed E-state index contributed by atoms with van der Waals surface area (Å²) in [5.41, 5.74) is 2.89. The summed E-state index contributed by atoms with van der Waals surface area (Å²) in [7, 11) is 0. The number of fused-ring (bicyclic) bond motifs is 1. The minimum atomic E-state index is -0.260. The Balaban J connectivity index is 1.71. The third kappa shape index (κ3) is 3.47. The Labute approximate surface area is 166 Å². The van der Waals surface area contributed by atoms with Crippen molar-refractivity contribution in [2.24, 2.45) is 0 Å². The largest absolute Gasteiger partial charge is 0.342 e. The van der Waals surface area contributed by atoms with Gasteiger partial charge in [0.15, 0.2) is 0 Å². The monoisotopic (exact) mass is 394 g/mol. The molecule has 2 heterocycles. The van der Waals surface area contributed by atoms with Crippen LogP contribution in [0.3, 0.4) is 0 Å². The maximum absolute atomic E-state index is 13.2. The van der Waals surface area contributed by atoms with Gasteiger partial charge >= 0.3 is 0 Å². The van der Waals surface area contributed by atoms with E-state index in [0.29, 0.717) is 18.0 Å². The van der Waals surface area contributed by atoms with E-state index >= 15 is 0 Å². The molecule has 1 aromatic heterocycles. The molecule has 1 aliphatic heterocycles. The molecule has 2 amide bonds. The van der Waals surface area contributed by atoms with Crippen LogP contribution in [0.2, 0.25) is 0 Å². The fraction of sp³-hybridized carbons (Fsp3) is 0.182. The second-order valence-corrected chi connectivity index (χ2v) is 7.68. The number of carbonyl (C=O) groups excluding carboxylic acids is 2. The molecule has 0 N–H and O–H groups in total. The fourth-order valence-electron chi connectivity index (χ4n) is 3.37. The number of para-hydroxylation sites is 1. The Morgan fingerprint density at radius 3 is 2.57 bits per heavy atom. The predicted molar refractivity (Wildman–Crippen MR) is 110 cm³/mol. The van der Waals surface area contributed by atoms with E-state index in [1.165, 1.54) is 17.0 Å². The Bertz CT molecular complexity index is 1090. The normalized spacial score (nSPS) is 15.9. The minimum Gasteiger partial charge on any atom is -0.342 e. The quantitative estimate of drug-likeness (QED) is 0.553. The first-order chi connectivity index (χ1) is 13.6. The molecule has 1 fully saturated rings. The van der Waals surface area contributed by atoms with Crippen LogP contribution in [-0.4, -0.2) is 27.2 Å². The molecular weight excluding hydrogens is 375 g/mol. The SMILES string of the molecule is CCCN1C(=O)S/C(=C/c2cn(Cc3ccc(F)cc3)c3ccccc23)C1=O. The van der Waals surface area contributed by atoms with Gasteiger partial charge in [-0.2, -0.15) is 0 Å². The molecule has 0 bridgehead atoms. The van der Waals surface area contributed by atoms with Gasteiger partial charge in [-0.3, -0.25) is 14.5 Å². The first-order valence-corrected chi connectivity index (χ1v) is 9.96. The zero-order valence-electron chi connectivity index (χ0n) is 15.4. The molecule has 142 valence electrons. The summed E-state index contributed by atoms with van der Waals surface area (Å²) in [5.74, 6) is -0.489. The standard InChI is InChI=1S/C22H19FN2O2S/c1-2-11-25-21(26)20(28-22(25)27)12-16-14-24(19-6-4-3-5-18(16)19)13-15-7-9-17(23)10-8-15/h3-10,12,14H,2,11,13H2,1H3/b20-12+. The molecule has 0 atom stereocenters. The number of nitrogens with zero attached hydrogens (tertiary/aromatic N) is 2. The van der Waals surface area contributed by atoms with E-state index < -0.39 is 0 Å². The third-order valence-corrected chi connectivity index (χ3v) is 5.60. The highest BCUT2D eigenvalue weighted by atomic mass is 32.2. The van der Waals surface area contributed by atoms with E-state index in [-0.39, 0.29) is 17.0 Å². The van der Waals surface area contributed by atoms with Crippen molar-refractivity contribution in [1.82, 2.24) is 9.47 Å². The lowest BCUT2D eigenvalue weighted by molar-refractivity contribution is -0.122. The van der Waals surface area contributed by atoms with Crippen molar-refractivity contribution >= 4 is 39.9 Å². The maximum Gasteiger partial charge on any atom is 0.293 e. The van der Waals surface area contributed by atoms with Crippen LogP contribution in [0.4, 0.5) is 9.18 Å². The average molecular weight is 394 g/mol. The van der Waals surface area contributed by atoms with E-state index in [2.05, 4.69) is 4.57 Å². The topological polar surface area (TPSA) is 42.3 Å². The predicted octanol–water partition coefficient (Wildman–Crippen LogP) is 5.28. The molecule has 0 radical (unpaired) electrons. The van der Waals surface area contributed by atoms with Crippen LogP contribution in [0.1, 0.15) is 24.5 Å². The molecule has 2 aromatic carbocycles. The zero-order chi connectivity index (χ0) is 19.7. The molecule has 1 saturated heterocycles. The summed E-state index contributed by atoms with van der Waals surface area (Å²) in [4.78, 5) is 26.4. The Kier molecular flexibility index (Phi) is 5.05. The molecule has 0 saturated carbocycles. The number of carbonyl (C=O) groups is 2. The van der Waals surface area contributed by atoms with Crippen LogP contribution in [0, 0.1) is 5.82 Å². The van der Waals surface area contributed by atoms with E-state index in [0.717, 1.165) is 40.2 Å². The Hall–Kier alpha value is -2.86. The summed E-state index contributed by atoms with van der Waals surface area (Å²) < 4.78 is 15.3. The van der Waals surface area contributed by atoms with Crippen LogP contribution in [0.5, 0.6) is 0 Å². The highest BCUT2D eigenvalue weighted by Gasteiger charge is 2.34. The molecule has 3 aromatic rings. The molecule has 6 heteroatoms. The summed E-state index contributed by atoms with van der Waals surface area (Å²) in [6, 6.07) is 14.3. The number of amides is 2. The second kappa shape index (κ2) is 7.64. The first-order valence-electron chi connectivity index (χ1n) is 9.14. The van der Waals surface area contributed by atoms with Gasteiger partial charge in [0.2, 0.25) is 0 Å². The fourth-order valence-corrected chi connectivity index (χ4v) is 4.22. The van der Waals surface area contributed by atoms with E-state index in [1.807, 2.05) is 37.4 Å². The molecule has 28 heavy (non-hydrogen) atoms. The lowest BCUT2D eigenvalue weighted by Crippen LogP contribution is -2.28. The second-order valence-electron chi connectivity index (χ2n) is 6.69. The van der Waals surface area contributed by atoms with Crippen LogP contribution in [0.25, 0.3) is 17.0 Å². The molecule has 1 aliphatic rings. The lowest BCUT2D eigenvalue weighted by atomic mass is 10.1. The van der Waals surface area contributed by atoms with E-state index in [9.17, 15) is 14.0 Å². The molecule has 4 rings (SSSR count). The number of hydrogen-bond donors (Lipinski definition) is 0. The molecular formula is C22H19FN2O2S. The van der Waals surface area contributed by atoms with Gasteiger partial charge in [-0.1, -0.05) is 37.3 Å². The van der Waals surface area contributed by atoms with E-state index in [1.54, 1.807) is 18.2 Å². The van der Waals surface area contributed by atoms with Crippen molar-refractivity contribution in [3.05, 3.63) is 76.6 Å². The number of hydrogen-bond acceptors (Lipinski definition) is 3. The number of rotatable bonds is 5. The van der Waals surface area contributed by atoms with Gasteiger partial charge in [-0.05, 0) is 48.0 Å². The summed E-state index contributed by atoms with van der Waals surface area (Å²) in [5, 5.41) is 0.792. The summed E-state index contributed by atoms with van der Waals surface area (Å²) >= 11 is 0.988. The van der Waals surface area contributed by atoms with Gasteiger partial charge in [0.05, 0.1) is 4.91 Å². The summed E-state index contributed by atoms with van der Waals surface area (Å²) in [6.45, 7) is 2.97. The van der Waals surface area contributed by atoms with E-state index in [4.69, 9.17) is 0 Å². The molecule has 0 spiro atoms. The van der Waals surface area contributed by atoms with Crippen LogP contribution in [-0.2, 0) is 11.3 Å². The van der Waals surface area contributed by atoms with Gasteiger partial charge in [0, 0.05) is 35.8 Å². The maximum atomic E-state index is 13.2. The molecule has 0 aliphatic carbocycles. The highest BCUT2D eigenvalue weighted by molar-refractivity contribution is 8.18. The van der Waals surface area contributed by atoms with Crippen LogP contribution >= 0.6 is 11.8 Å². The summed E-state index contributed by atoms with van der Waals surface area (Å²) in [6.07, 6.45) is 4.51. The van der Waals surface area contributed by atoms with Crippen molar-refractivity contribution in [1.29, 1.82) is 0 Å². The van der Waals surface area contributed by atoms with Crippen molar-refractivity contribution in [3.8, 4) is 0 Å².